The van der Waals surface area contributed by atoms with Crippen molar-refractivity contribution in [1.29, 1.82) is 0 Å². The van der Waals surface area contributed by atoms with Crippen molar-refractivity contribution < 1.29 is 23.1 Å². The van der Waals surface area contributed by atoms with Gasteiger partial charge in [-0.1, -0.05) is 0 Å². The molecule has 1 amide bonds. The number of aliphatic carboxylic acids is 1. The largest absolute Gasteiger partial charge is 0.481 e. The summed E-state index contributed by atoms with van der Waals surface area (Å²) in [5.74, 6) is -1.38. The van der Waals surface area contributed by atoms with Crippen molar-refractivity contribution in [3.8, 4) is 0 Å². The number of benzene rings is 1. The topological polar surface area (TPSA) is 104 Å². The molecule has 0 aliphatic heterocycles. The molecule has 1 aliphatic carbocycles. The van der Waals surface area contributed by atoms with Gasteiger partial charge in [0, 0.05) is 24.7 Å². The first-order valence-electron chi connectivity index (χ1n) is 8.74. The minimum Gasteiger partial charge on any atom is -0.481 e. The molecule has 0 atom stereocenters. The predicted molar refractivity (Wildman–Crippen MR) is 97.4 cm³/mol. The van der Waals surface area contributed by atoms with Crippen molar-refractivity contribution in [2.75, 3.05) is 7.05 Å². The van der Waals surface area contributed by atoms with Crippen LogP contribution in [-0.4, -0.2) is 48.8 Å². The summed E-state index contributed by atoms with van der Waals surface area (Å²) in [6.45, 7) is 3.58. The molecule has 1 aromatic carbocycles. The van der Waals surface area contributed by atoms with Crippen LogP contribution in [0.4, 0.5) is 0 Å². The van der Waals surface area contributed by atoms with Gasteiger partial charge in [-0.05, 0) is 63.8 Å². The maximum absolute atomic E-state index is 12.4. The van der Waals surface area contributed by atoms with Crippen LogP contribution in [0.25, 0.3) is 0 Å². The number of carboxylic acids is 1. The average molecular weight is 382 g/mol. The number of hydrogen-bond donors (Lipinski definition) is 2. The summed E-state index contributed by atoms with van der Waals surface area (Å²) >= 11 is 0. The zero-order valence-electron chi connectivity index (χ0n) is 15.3. The maximum Gasteiger partial charge on any atom is 0.306 e. The molecule has 2 N–H and O–H groups in total. The standard InChI is InChI=1S/C18H26N2O5S/c1-12(2)20(3)26(24,25)16-10-6-13(7-11-16)17(21)19-15-8-4-14(5-9-15)18(22)23/h6-7,10-12,14-15H,4-5,8-9H2,1-3H3,(H,19,21)(H,22,23). The highest BCUT2D eigenvalue weighted by molar-refractivity contribution is 7.89. The lowest BCUT2D eigenvalue weighted by Crippen LogP contribution is -2.38. The van der Waals surface area contributed by atoms with Crippen molar-refractivity contribution in [3.05, 3.63) is 29.8 Å². The van der Waals surface area contributed by atoms with Crippen LogP contribution in [0.3, 0.4) is 0 Å². The second-order valence-electron chi connectivity index (χ2n) is 7.00. The summed E-state index contributed by atoms with van der Waals surface area (Å²) in [4.78, 5) is 23.5. The zero-order valence-corrected chi connectivity index (χ0v) is 16.1. The Labute approximate surface area is 154 Å². The Morgan fingerprint density at radius 1 is 1.12 bits per heavy atom. The van der Waals surface area contributed by atoms with E-state index in [4.69, 9.17) is 5.11 Å². The molecule has 144 valence electrons. The molecule has 26 heavy (non-hydrogen) atoms. The quantitative estimate of drug-likeness (QED) is 0.784. The molecule has 1 aliphatic rings. The Kier molecular flexibility index (Phi) is 6.41. The highest BCUT2D eigenvalue weighted by atomic mass is 32.2. The number of carbonyl (C=O) groups is 2. The van der Waals surface area contributed by atoms with E-state index >= 15 is 0 Å². The van der Waals surface area contributed by atoms with Gasteiger partial charge in [-0.2, -0.15) is 4.31 Å². The molecule has 0 bridgehead atoms. The van der Waals surface area contributed by atoms with E-state index in [-0.39, 0.29) is 28.8 Å². The van der Waals surface area contributed by atoms with Crippen molar-refractivity contribution in [1.82, 2.24) is 9.62 Å². The highest BCUT2D eigenvalue weighted by Crippen LogP contribution is 2.25. The molecule has 0 radical (unpaired) electrons. The number of amides is 1. The second-order valence-corrected chi connectivity index (χ2v) is 9.00. The molecule has 1 saturated carbocycles. The van der Waals surface area contributed by atoms with E-state index in [9.17, 15) is 18.0 Å². The van der Waals surface area contributed by atoms with Gasteiger partial charge in [-0.3, -0.25) is 9.59 Å². The Bertz CT molecular complexity index is 750. The van der Waals surface area contributed by atoms with E-state index in [1.807, 2.05) is 0 Å². The van der Waals surface area contributed by atoms with Crippen LogP contribution in [0, 0.1) is 5.92 Å². The minimum absolute atomic E-state index is 0.0476. The predicted octanol–water partition coefficient (Wildman–Crippen LogP) is 2.09. The van der Waals surface area contributed by atoms with Gasteiger partial charge >= 0.3 is 5.97 Å². The monoisotopic (exact) mass is 382 g/mol. The van der Waals surface area contributed by atoms with Gasteiger partial charge in [0.1, 0.15) is 0 Å². The highest BCUT2D eigenvalue weighted by Gasteiger charge is 2.27. The van der Waals surface area contributed by atoms with Gasteiger partial charge in [0.05, 0.1) is 10.8 Å². The number of nitrogens with one attached hydrogen (secondary N) is 1. The van der Waals surface area contributed by atoms with Gasteiger partial charge in [0.15, 0.2) is 0 Å². The average Bonchev–Trinajstić information content (AvgIpc) is 2.61. The van der Waals surface area contributed by atoms with Crippen LogP contribution < -0.4 is 5.32 Å². The summed E-state index contributed by atoms with van der Waals surface area (Å²) in [7, 11) is -2.05. The summed E-state index contributed by atoms with van der Waals surface area (Å²) < 4.78 is 26.2. The van der Waals surface area contributed by atoms with Crippen molar-refractivity contribution >= 4 is 21.9 Å². The van der Waals surface area contributed by atoms with Crippen LogP contribution in [-0.2, 0) is 14.8 Å². The van der Waals surface area contributed by atoms with Gasteiger partial charge in [0.2, 0.25) is 10.0 Å². The van der Waals surface area contributed by atoms with Gasteiger partial charge in [0.25, 0.3) is 5.91 Å². The second kappa shape index (κ2) is 8.18. The third-order valence-corrected chi connectivity index (χ3v) is 6.98. The molecule has 1 aromatic rings. The first-order chi connectivity index (χ1) is 12.1. The van der Waals surface area contributed by atoms with E-state index in [1.54, 1.807) is 13.8 Å². The van der Waals surface area contributed by atoms with Crippen LogP contribution in [0.5, 0.6) is 0 Å². The molecule has 0 spiro atoms. The Hall–Kier alpha value is -1.93. The molecule has 0 saturated heterocycles. The molecule has 7 nitrogen and oxygen atoms in total. The number of hydrogen-bond acceptors (Lipinski definition) is 4. The normalized spacial score (nSPS) is 21.0. The third-order valence-electron chi connectivity index (χ3n) is 4.93. The Balaban J connectivity index is 2.00. The van der Waals surface area contributed by atoms with Crippen LogP contribution in [0.15, 0.2) is 29.2 Å². The summed E-state index contributed by atoms with van der Waals surface area (Å²) in [6.07, 6.45) is 2.38. The molecule has 0 heterocycles. The molecule has 1 fully saturated rings. The molecular formula is C18H26N2O5S. The van der Waals surface area contributed by atoms with E-state index < -0.39 is 16.0 Å². The summed E-state index contributed by atoms with van der Waals surface area (Å²) in [5, 5.41) is 11.9. The number of sulfonamides is 1. The van der Waals surface area contributed by atoms with E-state index in [2.05, 4.69) is 5.32 Å². The molecule has 0 aromatic heterocycles. The fraction of sp³-hybridized carbons (Fsp3) is 0.556. The molecular weight excluding hydrogens is 356 g/mol. The van der Waals surface area contributed by atoms with Gasteiger partial charge < -0.3 is 10.4 Å². The van der Waals surface area contributed by atoms with Crippen LogP contribution in [0.2, 0.25) is 0 Å². The maximum atomic E-state index is 12.4. The summed E-state index contributed by atoms with van der Waals surface area (Å²) in [5.41, 5.74) is 0.386. The molecule has 2 rings (SSSR count). The SMILES string of the molecule is CC(C)N(C)S(=O)(=O)c1ccc(C(=O)NC2CCC(C(=O)O)CC2)cc1. The fourth-order valence-electron chi connectivity index (χ4n) is 2.98. The fourth-order valence-corrected chi connectivity index (χ4v) is 4.34. The van der Waals surface area contributed by atoms with Crippen LogP contribution in [0.1, 0.15) is 49.9 Å². The lowest BCUT2D eigenvalue weighted by molar-refractivity contribution is -0.142. The number of carbonyl (C=O) groups excluding carboxylic acids is 1. The van der Waals surface area contributed by atoms with Crippen molar-refractivity contribution in [2.24, 2.45) is 5.92 Å². The molecule has 0 unspecified atom stereocenters. The minimum atomic E-state index is -3.58. The Morgan fingerprint density at radius 2 is 1.65 bits per heavy atom. The number of nitrogens with zero attached hydrogens (tertiary/aromatic N) is 1. The third kappa shape index (κ3) is 4.62. The zero-order chi connectivity index (χ0) is 19.5. The smallest absolute Gasteiger partial charge is 0.306 e. The van der Waals surface area contributed by atoms with Gasteiger partial charge in [-0.25, -0.2) is 8.42 Å². The van der Waals surface area contributed by atoms with E-state index in [1.165, 1.54) is 35.6 Å². The van der Waals surface area contributed by atoms with Crippen LogP contribution >= 0.6 is 0 Å². The first-order valence-corrected chi connectivity index (χ1v) is 10.2. The first kappa shape index (κ1) is 20.4. The summed E-state index contributed by atoms with van der Waals surface area (Å²) in [6, 6.07) is 5.66. The lowest BCUT2D eigenvalue weighted by atomic mass is 9.86. The molecule has 8 heteroatoms. The van der Waals surface area contributed by atoms with E-state index in [0.29, 0.717) is 31.2 Å². The Morgan fingerprint density at radius 3 is 2.12 bits per heavy atom. The number of rotatable bonds is 6. The van der Waals surface area contributed by atoms with E-state index in [0.717, 1.165) is 0 Å². The lowest BCUT2D eigenvalue weighted by Gasteiger charge is -2.26. The number of carboxylic acid groups (broad SMARTS) is 1. The van der Waals surface area contributed by atoms with Crippen molar-refractivity contribution in [3.63, 3.8) is 0 Å². The van der Waals surface area contributed by atoms with Gasteiger partial charge in [-0.15, -0.1) is 0 Å². The van der Waals surface area contributed by atoms with Crippen molar-refractivity contribution in [2.45, 2.75) is 56.5 Å².